The minimum Gasteiger partial charge on any atom is -0.356 e. The van der Waals surface area contributed by atoms with Gasteiger partial charge in [0.05, 0.1) is 5.56 Å². The number of hydrogen-bond acceptors (Lipinski definition) is 3. The molecule has 0 unspecified atom stereocenters. The minimum absolute atomic E-state index is 0.690. The molecule has 1 saturated heterocycles. The second kappa shape index (κ2) is 5.18. The molecule has 17 heavy (non-hydrogen) atoms. The van der Waals surface area contributed by atoms with Gasteiger partial charge in [-0.25, -0.2) is 4.98 Å². The van der Waals surface area contributed by atoms with Crippen LogP contribution in [-0.4, -0.2) is 18.1 Å². The van der Waals surface area contributed by atoms with Crippen LogP contribution in [0.15, 0.2) is 18.3 Å². The molecule has 0 aromatic carbocycles. The first-order valence-electron chi connectivity index (χ1n) is 6.32. The van der Waals surface area contributed by atoms with Crippen molar-refractivity contribution in [1.82, 2.24) is 4.98 Å². The zero-order valence-electron chi connectivity index (χ0n) is 10.6. The fraction of sp³-hybridized carbons (Fsp3) is 0.571. The fourth-order valence-corrected chi connectivity index (χ4v) is 2.51. The van der Waals surface area contributed by atoms with Crippen molar-refractivity contribution >= 4 is 5.82 Å². The van der Waals surface area contributed by atoms with Crippen LogP contribution in [-0.2, 0) is 0 Å². The number of rotatable bonds is 2. The Morgan fingerprint density at radius 2 is 2.12 bits per heavy atom. The molecule has 0 spiro atoms. The van der Waals surface area contributed by atoms with Crippen molar-refractivity contribution in [2.75, 3.05) is 18.0 Å². The van der Waals surface area contributed by atoms with Crippen molar-refractivity contribution in [2.24, 2.45) is 11.8 Å². The van der Waals surface area contributed by atoms with E-state index in [1.807, 2.05) is 12.1 Å². The predicted molar refractivity (Wildman–Crippen MR) is 68.7 cm³/mol. The molecule has 2 heterocycles. The highest BCUT2D eigenvalue weighted by Gasteiger charge is 2.23. The number of pyridine rings is 1. The molecule has 0 bridgehead atoms. The third kappa shape index (κ3) is 2.58. The van der Waals surface area contributed by atoms with Crippen molar-refractivity contribution < 1.29 is 0 Å². The average Bonchev–Trinajstić information content (AvgIpc) is 2.39. The number of anilines is 1. The van der Waals surface area contributed by atoms with E-state index in [-0.39, 0.29) is 0 Å². The number of hydrogen-bond donors (Lipinski definition) is 0. The smallest absolute Gasteiger partial charge is 0.146 e. The zero-order valence-corrected chi connectivity index (χ0v) is 10.6. The molecule has 90 valence electrons. The Bertz CT molecular complexity index is 412. The molecule has 0 amide bonds. The third-order valence-corrected chi connectivity index (χ3v) is 3.69. The van der Waals surface area contributed by atoms with Gasteiger partial charge in [-0.15, -0.1) is 0 Å². The van der Waals surface area contributed by atoms with Crippen molar-refractivity contribution in [1.29, 1.82) is 5.26 Å². The van der Waals surface area contributed by atoms with Gasteiger partial charge in [0.1, 0.15) is 11.9 Å². The molecule has 1 aromatic heterocycles. The van der Waals surface area contributed by atoms with E-state index < -0.39 is 0 Å². The second-order valence-electron chi connectivity index (χ2n) is 5.05. The standard InChI is InChI=1S/C14H19N3/c1-11(2)12-5-8-17(9-6-12)14-13(10-15)4-3-7-16-14/h3-4,7,11-12H,5-6,8-9H2,1-2H3. The quantitative estimate of drug-likeness (QED) is 0.783. The Kier molecular flexibility index (Phi) is 3.63. The van der Waals surface area contributed by atoms with Crippen molar-refractivity contribution in [2.45, 2.75) is 26.7 Å². The fourth-order valence-electron chi connectivity index (χ4n) is 2.51. The second-order valence-corrected chi connectivity index (χ2v) is 5.05. The number of piperidine rings is 1. The SMILES string of the molecule is CC(C)C1CCN(c2ncccc2C#N)CC1. The van der Waals surface area contributed by atoms with Gasteiger partial charge in [-0.3, -0.25) is 0 Å². The van der Waals surface area contributed by atoms with Crippen LogP contribution in [0.1, 0.15) is 32.3 Å². The predicted octanol–water partition coefficient (Wildman–Crippen LogP) is 2.83. The van der Waals surface area contributed by atoms with E-state index in [9.17, 15) is 0 Å². The van der Waals surface area contributed by atoms with Gasteiger partial charge >= 0.3 is 0 Å². The van der Waals surface area contributed by atoms with E-state index in [0.29, 0.717) is 5.56 Å². The Labute approximate surface area is 103 Å². The monoisotopic (exact) mass is 229 g/mol. The summed E-state index contributed by atoms with van der Waals surface area (Å²) in [5.41, 5.74) is 0.690. The summed E-state index contributed by atoms with van der Waals surface area (Å²) >= 11 is 0. The molecule has 1 fully saturated rings. The number of nitrogens with zero attached hydrogens (tertiary/aromatic N) is 3. The molecule has 0 radical (unpaired) electrons. The maximum Gasteiger partial charge on any atom is 0.146 e. The highest BCUT2D eigenvalue weighted by Crippen LogP contribution is 2.28. The summed E-state index contributed by atoms with van der Waals surface area (Å²) in [5, 5.41) is 9.07. The van der Waals surface area contributed by atoms with Crippen LogP contribution >= 0.6 is 0 Å². The molecule has 2 rings (SSSR count). The average molecular weight is 229 g/mol. The van der Waals surface area contributed by atoms with Crippen LogP contribution in [0.2, 0.25) is 0 Å². The number of nitriles is 1. The molecule has 3 heteroatoms. The lowest BCUT2D eigenvalue weighted by molar-refractivity contribution is 0.310. The van der Waals surface area contributed by atoms with E-state index in [0.717, 1.165) is 30.7 Å². The van der Waals surface area contributed by atoms with Gasteiger partial charge in [0, 0.05) is 19.3 Å². The molecule has 1 aliphatic heterocycles. The van der Waals surface area contributed by atoms with Crippen LogP contribution < -0.4 is 4.90 Å². The molecule has 1 aromatic rings. The van der Waals surface area contributed by atoms with Crippen LogP contribution in [0.4, 0.5) is 5.82 Å². The lowest BCUT2D eigenvalue weighted by atomic mass is 9.86. The summed E-state index contributed by atoms with van der Waals surface area (Å²) in [7, 11) is 0. The Balaban J connectivity index is 2.08. The highest BCUT2D eigenvalue weighted by atomic mass is 15.2. The molecular formula is C14H19N3. The molecule has 1 aliphatic rings. The minimum atomic E-state index is 0.690. The topological polar surface area (TPSA) is 39.9 Å². The highest BCUT2D eigenvalue weighted by molar-refractivity contribution is 5.53. The van der Waals surface area contributed by atoms with Crippen LogP contribution in [0, 0.1) is 23.2 Å². The molecule has 0 aliphatic carbocycles. The largest absolute Gasteiger partial charge is 0.356 e. The Morgan fingerprint density at radius 1 is 1.41 bits per heavy atom. The van der Waals surface area contributed by atoms with Crippen LogP contribution in [0.25, 0.3) is 0 Å². The lowest BCUT2D eigenvalue weighted by Crippen LogP contribution is -2.36. The van der Waals surface area contributed by atoms with Crippen molar-refractivity contribution in [3.05, 3.63) is 23.9 Å². The van der Waals surface area contributed by atoms with E-state index in [1.54, 1.807) is 6.20 Å². The molecule has 0 saturated carbocycles. The van der Waals surface area contributed by atoms with Crippen molar-refractivity contribution in [3.8, 4) is 6.07 Å². The first-order valence-corrected chi connectivity index (χ1v) is 6.32. The summed E-state index contributed by atoms with van der Waals surface area (Å²) in [6.45, 7) is 6.63. The van der Waals surface area contributed by atoms with Crippen LogP contribution in [0.3, 0.4) is 0 Å². The van der Waals surface area contributed by atoms with Crippen LogP contribution in [0.5, 0.6) is 0 Å². The summed E-state index contributed by atoms with van der Waals surface area (Å²) in [5.74, 6) is 2.44. The molecule has 3 nitrogen and oxygen atoms in total. The number of aromatic nitrogens is 1. The van der Waals surface area contributed by atoms with E-state index >= 15 is 0 Å². The Hall–Kier alpha value is -1.56. The molecular weight excluding hydrogens is 210 g/mol. The lowest BCUT2D eigenvalue weighted by Gasteiger charge is -2.34. The van der Waals surface area contributed by atoms with Crippen molar-refractivity contribution in [3.63, 3.8) is 0 Å². The molecule has 0 N–H and O–H groups in total. The molecule has 0 atom stereocenters. The van der Waals surface area contributed by atoms with E-state index in [2.05, 4.69) is 29.8 Å². The third-order valence-electron chi connectivity index (χ3n) is 3.69. The van der Waals surface area contributed by atoms with Gasteiger partial charge in [0.25, 0.3) is 0 Å². The summed E-state index contributed by atoms with van der Waals surface area (Å²) in [6, 6.07) is 5.89. The maximum absolute atomic E-state index is 9.07. The summed E-state index contributed by atoms with van der Waals surface area (Å²) in [6.07, 6.45) is 4.18. The normalized spacial score (nSPS) is 17.2. The maximum atomic E-state index is 9.07. The first kappa shape index (κ1) is 11.9. The van der Waals surface area contributed by atoms with Gasteiger partial charge in [-0.05, 0) is 36.8 Å². The van der Waals surface area contributed by atoms with E-state index in [1.165, 1.54) is 12.8 Å². The van der Waals surface area contributed by atoms with Gasteiger partial charge in [0.15, 0.2) is 0 Å². The first-order chi connectivity index (χ1) is 8.22. The van der Waals surface area contributed by atoms with Gasteiger partial charge in [-0.1, -0.05) is 13.8 Å². The summed E-state index contributed by atoms with van der Waals surface area (Å²) < 4.78 is 0. The zero-order chi connectivity index (χ0) is 12.3. The Morgan fingerprint density at radius 3 is 2.71 bits per heavy atom. The van der Waals surface area contributed by atoms with Gasteiger partial charge in [-0.2, -0.15) is 5.26 Å². The van der Waals surface area contributed by atoms with E-state index in [4.69, 9.17) is 5.26 Å². The van der Waals surface area contributed by atoms with Gasteiger partial charge in [0.2, 0.25) is 0 Å². The summed E-state index contributed by atoms with van der Waals surface area (Å²) in [4.78, 5) is 6.59. The van der Waals surface area contributed by atoms with Gasteiger partial charge < -0.3 is 4.90 Å².